The first kappa shape index (κ1) is 17.0. The molecule has 0 saturated heterocycles. The van der Waals surface area contributed by atoms with E-state index in [1.807, 2.05) is 30.3 Å². The molecule has 0 fully saturated rings. The third-order valence-electron chi connectivity index (χ3n) is 4.91. The van der Waals surface area contributed by atoms with Crippen molar-refractivity contribution >= 4 is 11.8 Å². The second kappa shape index (κ2) is 6.55. The van der Waals surface area contributed by atoms with Crippen molar-refractivity contribution in [3.05, 3.63) is 52.7 Å². The molecule has 0 aromatic heterocycles. The first-order valence-electron chi connectivity index (χ1n) is 7.78. The molecule has 2 N–H and O–H groups in total. The average molecular weight is 348 g/mol. The van der Waals surface area contributed by atoms with Gasteiger partial charge in [0.1, 0.15) is 11.8 Å². The van der Waals surface area contributed by atoms with Gasteiger partial charge in [0, 0.05) is 23.3 Å². The van der Waals surface area contributed by atoms with Crippen LogP contribution < -0.4 is 10.5 Å². The molecule has 0 amide bonds. The van der Waals surface area contributed by atoms with Crippen molar-refractivity contribution in [3.63, 3.8) is 0 Å². The van der Waals surface area contributed by atoms with Crippen LogP contribution >= 0.6 is 11.8 Å². The predicted molar refractivity (Wildman–Crippen MR) is 95.1 cm³/mol. The zero-order valence-corrected chi connectivity index (χ0v) is 14.5. The molecule has 124 valence electrons. The largest absolute Gasteiger partial charge is 0.497 e. The van der Waals surface area contributed by atoms with Gasteiger partial charge in [-0.1, -0.05) is 18.2 Å². The van der Waals surface area contributed by atoms with Crippen molar-refractivity contribution in [2.75, 3.05) is 18.6 Å². The van der Waals surface area contributed by atoms with E-state index in [-0.39, 0.29) is 17.2 Å². The van der Waals surface area contributed by atoms with Crippen molar-refractivity contribution in [2.45, 2.75) is 5.92 Å². The van der Waals surface area contributed by atoms with Gasteiger partial charge in [0.2, 0.25) is 0 Å². The number of methoxy groups -OCH3 is 1. The van der Waals surface area contributed by atoms with Crippen molar-refractivity contribution in [2.24, 2.45) is 17.1 Å². The lowest BCUT2D eigenvalue weighted by Gasteiger charge is -2.43. The molecule has 0 radical (unpaired) electrons. The van der Waals surface area contributed by atoms with Gasteiger partial charge in [0.15, 0.2) is 5.41 Å². The Labute approximate surface area is 151 Å². The first-order valence-corrected chi connectivity index (χ1v) is 8.93. The fourth-order valence-electron chi connectivity index (χ4n) is 3.67. The number of benzene rings is 1. The molecule has 2 aliphatic rings. The molecule has 2 atom stereocenters. The van der Waals surface area contributed by atoms with Gasteiger partial charge in [-0.25, -0.2) is 0 Å². The summed E-state index contributed by atoms with van der Waals surface area (Å²) in [6.45, 7) is 0. The standard InChI is InChI=1S/C19H16N4OS/c1-24-13-4-2-12(3-5-13)17-16-9-25-7-6-14(16)15(8-20)18(23)19(17,10-21)11-22/h2-6,16-17H,7,9,23H2,1H3/t16-,17+/m1/s1. The maximum Gasteiger partial charge on any atom is 0.191 e. The molecule has 5 nitrogen and oxygen atoms in total. The molecule has 6 heteroatoms. The van der Waals surface area contributed by atoms with Crippen LogP contribution in [0.5, 0.6) is 5.75 Å². The quantitative estimate of drug-likeness (QED) is 0.880. The Morgan fingerprint density at radius 1 is 1.20 bits per heavy atom. The summed E-state index contributed by atoms with van der Waals surface area (Å²) >= 11 is 1.73. The van der Waals surface area contributed by atoms with Gasteiger partial charge >= 0.3 is 0 Å². The van der Waals surface area contributed by atoms with Crippen LogP contribution in [0.25, 0.3) is 0 Å². The highest BCUT2D eigenvalue weighted by molar-refractivity contribution is 7.99. The minimum Gasteiger partial charge on any atom is -0.497 e. The van der Waals surface area contributed by atoms with Crippen LogP contribution in [0.15, 0.2) is 47.2 Å². The van der Waals surface area contributed by atoms with Gasteiger partial charge in [-0.15, -0.1) is 0 Å². The summed E-state index contributed by atoms with van der Waals surface area (Å²) in [6, 6.07) is 13.7. The van der Waals surface area contributed by atoms with Crippen molar-refractivity contribution in [1.82, 2.24) is 0 Å². The Bertz CT molecular complexity index is 866. The van der Waals surface area contributed by atoms with E-state index in [0.717, 1.165) is 22.6 Å². The molecule has 0 unspecified atom stereocenters. The number of allylic oxidation sites excluding steroid dienone is 3. The zero-order chi connectivity index (χ0) is 18.0. The third-order valence-corrected chi connectivity index (χ3v) is 5.91. The second-order valence-corrected chi connectivity index (χ2v) is 7.06. The number of nitriles is 3. The molecule has 0 spiro atoms. The topological polar surface area (TPSA) is 107 Å². The molecule has 1 aromatic carbocycles. The normalized spacial score (nSPS) is 24.2. The maximum atomic E-state index is 9.90. The highest BCUT2D eigenvalue weighted by Crippen LogP contribution is 2.55. The Morgan fingerprint density at radius 3 is 2.44 bits per heavy atom. The highest BCUT2D eigenvalue weighted by Gasteiger charge is 2.53. The average Bonchev–Trinajstić information content (AvgIpc) is 2.67. The lowest BCUT2D eigenvalue weighted by Crippen LogP contribution is -2.43. The Morgan fingerprint density at radius 2 is 1.88 bits per heavy atom. The number of ether oxygens (including phenoxy) is 1. The maximum absolute atomic E-state index is 9.90. The summed E-state index contributed by atoms with van der Waals surface area (Å²) in [7, 11) is 1.59. The van der Waals surface area contributed by atoms with Gasteiger partial charge in [-0.05, 0) is 23.3 Å². The molecule has 3 rings (SSSR count). The highest BCUT2D eigenvalue weighted by atomic mass is 32.2. The van der Waals surface area contributed by atoms with Crippen molar-refractivity contribution in [3.8, 4) is 24.0 Å². The molecule has 1 heterocycles. The molecule has 0 bridgehead atoms. The number of nitrogens with zero attached hydrogens (tertiary/aromatic N) is 3. The minimum atomic E-state index is -1.56. The van der Waals surface area contributed by atoms with Gasteiger partial charge < -0.3 is 10.5 Å². The van der Waals surface area contributed by atoms with Gasteiger partial charge in [0.05, 0.1) is 30.5 Å². The Balaban J connectivity index is 2.27. The molecule has 1 aromatic rings. The summed E-state index contributed by atoms with van der Waals surface area (Å²) in [6.07, 6.45) is 2.00. The predicted octanol–water partition coefficient (Wildman–Crippen LogP) is 2.85. The van der Waals surface area contributed by atoms with E-state index >= 15 is 0 Å². The number of thioether (sulfide) groups is 1. The van der Waals surface area contributed by atoms with Crippen LogP contribution in [0.2, 0.25) is 0 Å². The molecular formula is C19H16N4OS. The summed E-state index contributed by atoms with van der Waals surface area (Å²) in [5.74, 6) is 1.71. The summed E-state index contributed by atoms with van der Waals surface area (Å²) in [5.41, 5.74) is 6.73. The number of nitrogens with two attached hydrogens (primary N) is 1. The van der Waals surface area contributed by atoms with Crippen LogP contribution in [0, 0.1) is 45.3 Å². The van der Waals surface area contributed by atoms with Gasteiger partial charge in [-0.2, -0.15) is 27.5 Å². The van der Waals surface area contributed by atoms with Crippen LogP contribution in [-0.2, 0) is 0 Å². The van der Waals surface area contributed by atoms with E-state index < -0.39 is 11.3 Å². The fourth-order valence-corrected chi connectivity index (χ4v) is 4.73. The number of fused-ring (bicyclic) bond motifs is 1. The number of hydrogen-bond acceptors (Lipinski definition) is 6. The molecule has 0 saturated carbocycles. The molecule has 1 aliphatic heterocycles. The van der Waals surface area contributed by atoms with E-state index in [2.05, 4.69) is 18.2 Å². The van der Waals surface area contributed by atoms with E-state index in [1.165, 1.54) is 0 Å². The van der Waals surface area contributed by atoms with E-state index in [1.54, 1.807) is 18.9 Å². The van der Waals surface area contributed by atoms with Gasteiger partial charge in [0.25, 0.3) is 0 Å². The SMILES string of the molecule is COc1ccc([C@H]2[C@@H]3CSCC=C3C(C#N)=C(N)C2(C#N)C#N)cc1. The Kier molecular flexibility index (Phi) is 4.45. The van der Waals surface area contributed by atoms with Crippen LogP contribution in [0.3, 0.4) is 0 Å². The summed E-state index contributed by atoms with van der Waals surface area (Å²) in [4.78, 5) is 0. The van der Waals surface area contributed by atoms with Crippen molar-refractivity contribution in [1.29, 1.82) is 15.8 Å². The lowest BCUT2D eigenvalue weighted by molar-refractivity contribution is 0.367. The minimum absolute atomic E-state index is 0.0650. The van der Waals surface area contributed by atoms with Crippen molar-refractivity contribution < 1.29 is 4.74 Å². The smallest absolute Gasteiger partial charge is 0.191 e. The third kappa shape index (κ3) is 2.45. The van der Waals surface area contributed by atoms with E-state index in [4.69, 9.17) is 10.5 Å². The lowest BCUT2D eigenvalue weighted by atomic mass is 9.59. The zero-order valence-electron chi connectivity index (χ0n) is 13.7. The summed E-state index contributed by atoms with van der Waals surface area (Å²) in [5, 5.41) is 29.4. The fraction of sp³-hybridized carbons (Fsp3) is 0.316. The second-order valence-electron chi connectivity index (χ2n) is 5.99. The number of hydrogen-bond donors (Lipinski definition) is 1. The summed E-state index contributed by atoms with van der Waals surface area (Å²) < 4.78 is 5.20. The first-order chi connectivity index (χ1) is 12.1. The van der Waals surface area contributed by atoms with Crippen LogP contribution in [-0.4, -0.2) is 18.6 Å². The van der Waals surface area contributed by atoms with E-state index in [9.17, 15) is 15.8 Å². The van der Waals surface area contributed by atoms with Crippen LogP contribution in [0.1, 0.15) is 11.5 Å². The molecular weight excluding hydrogens is 332 g/mol. The monoisotopic (exact) mass is 348 g/mol. The van der Waals surface area contributed by atoms with E-state index in [0.29, 0.717) is 5.75 Å². The molecule has 1 aliphatic carbocycles. The Hall–Kier alpha value is -2.88. The van der Waals surface area contributed by atoms with Crippen LogP contribution in [0.4, 0.5) is 0 Å². The number of rotatable bonds is 2. The molecule has 25 heavy (non-hydrogen) atoms. The van der Waals surface area contributed by atoms with Gasteiger partial charge in [-0.3, -0.25) is 0 Å².